The van der Waals surface area contributed by atoms with E-state index in [4.69, 9.17) is 17.5 Å². The first-order valence-corrected chi connectivity index (χ1v) is 5.66. The van der Waals surface area contributed by atoms with Crippen LogP contribution in [0.3, 0.4) is 0 Å². The van der Waals surface area contributed by atoms with Gasteiger partial charge in [-0.1, -0.05) is 6.07 Å². The molecule has 0 atom stereocenters. The first-order valence-electron chi connectivity index (χ1n) is 5.25. The lowest BCUT2D eigenvalue weighted by molar-refractivity contribution is 0.901. The Hall–Kier alpha value is -1.60. The third-order valence-corrected chi connectivity index (χ3v) is 2.96. The maximum Gasteiger partial charge on any atom is 0.173 e. The van der Waals surface area contributed by atoms with Gasteiger partial charge in [-0.3, -0.25) is 0 Å². The maximum atomic E-state index is 8.82. The highest BCUT2D eigenvalue weighted by Crippen LogP contribution is 2.20. The fourth-order valence-corrected chi connectivity index (χ4v) is 1.67. The van der Waals surface area contributed by atoms with Crippen LogP contribution in [-0.2, 0) is 0 Å². The van der Waals surface area contributed by atoms with Crippen LogP contribution < -0.4 is 10.2 Å². The van der Waals surface area contributed by atoms with Crippen molar-refractivity contribution in [3.8, 4) is 6.07 Å². The monoisotopic (exact) mass is 231 g/mol. The van der Waals surface area contributed by atoms with E-state index >= 15 is 0 Å². The van der Waals surface area contributed by atoms with Crippen LogP contribution in [0, 0.1) is 11.3 Å². The van der Waals surface area contributed by atoms with Crippen molar-refractivity contribution in [2.24, 2.45) is 0 Å². The zero-order valence-electron chi connectivity index (χ0n) is 9.10. The van der Waals surface area contributed by atoms with Crippen LogP contribution in [0.1, 0.15) is 18.4 Å². The van der Waals surface area contributed by atoms with E-state index < -0.39 is 0 Å². The van der Waals surface area contributed by atoms with Gasteiger partial charge in [-0.15, -0.1) is 0 Å². The number of rotatable bonds is 2. The molecule has 0 aromatic heterocycles. The van der Waals surface area contributed by atoms with Gasteiger partial charge in [0.25, 0.3) is 0 Å². The molecule has 0 spiro atoms. The van der Waals surface area contributed by atoms with Gasteiger partial charge in [-0.2, -0.15) is 5.26 Å². The molecule has 1 aromatic rings. The first kappa shape index (κ1) is 10.9. The average molecular weight is 231 g/mol. The summed E-state index contributed by atoms with van der Waals surface area (Å²) in [7, 11) is 1.91. The number of nitrogens with one attached hydrogen (secondary N) is 1. The third-order valence-electron chi connectivity index (χ3n) is 2.57. The second-order valence-corrected chi connectivity index (χ2v) is 4.33. The molecule has 82 valence electrons. The summed E-state index contributed by atoms with van der Waals surface area (Å²) in [4.78, 5) is 1.90. The van der Waals surface area contributed by atoms with Crippen molar-refractivity contribution >= 4 is 23.0 Å². The van der Waals surface area contributed by atoms with Crippen molar-refractivity contribution in [3.63, 3.8) is 0 Å². The minimum atomic E-state index is 0.550. The van der Waals surface area contributed by atoms with E-state index in [1.54, 1.807) is 6.07 Å². The fourth-order valence-electron chi connectivity index (χ4n) is 1.40. The van der Waals surface area contributed by atoms with E-state index in [-0.39, 0.29) is 0 Å². The number of hydrogen-bond donors (Lipinski definition) is 1. The molecule has 0 radical (unpaired) electrons. The van der Waals surface area contributed by atoms with Crippen molar-refractivity contribution in [1.82, 2.24) is 5.32 Å². The van der Waals surface area contributed by atoms with Gasteiger partial charge in [-0.25, -0.2) is 0 Å². The Bertz CT molecular complexity index is 446. The molecule has 16 heavy (non-hydrogen) atoms. The van der Waals surface area contributed by atoms with E-state index in [2.05, 4.69) is 11.4 Å². The van der Waals surface area contributed by atoms with Crippen molar-refractivity contribution in [2.75, 3.05) is 11.9 Å². The van der Waals surface area contributed by atoms with Gasteiger partial charge < -0.3 is 10.2 Å². The Morgan fingerprint density at radius 3 is 2.94 bits per heavy atom. The van der Waals surface area contributed by atoms with Crippen molar-refractivity contribution in [1.29, 1.82) is 5.26 Å². The molecule has 1 aromatic carbocycles. The molecule has 0 bridgehead atoms. The normalized spacial score (nSPS) is 14.0. The second-order valence-electron chi connectivity index (χ2n) is 3.94. The highest BCUT2D eigenvalue weighted by Gasteiger charge is 2.23. The van der Waals surface area contributed by atoms with Crippen molar-refractivity contribution in [2.45, 2.75) is 18.9 Å². The Labute approximate surface area is 101 Å². The lowest BCUT2D eigenvalue weighted by Gasteiger charge is -2.21. The first-order chi connectivity index (χ1) is 7.70. The van der Waals surface area contributed by atoms with Gasteiger partial charge in [0.15, 0.2) is 5.11 Å². The van der Waals surface area contributed by atoms with E-state index in [0.29, 0.717) is 11.6 Å². The van der Waals surface area contributed by atoms with Crippen LogP contribution in [-0.4, -0.2) is 18.2 Å². The van der Waals surface area contributed by atoms with E-state index in [1.165, 1.54) is 12.8 Å². The molecular weight excluding hydrogens is 218 g/mol. The van der Waals surface area contributed by atoms with Crippen LogP contribution in [0.15, 0.2) is 24.3 Å². The van der Waals surface area contributed by atoms with Crippen LogP contribution >= 0.6 is 12.2 Å². The number of nitrogens with zero attached hydrogens (tertiary/aromatic N) is 2. The number of hydrogen-bond acceptors (Lipinski definition) is 2. The number of thiocarbonyl (C=S) groups is 1. The van der Waals surface area contributed by atoms with Crippen molar-refractivity contribution in [3.05, 3.63) is 29.8 Å². The smallest absolute Gasteiger partial charge is 0.173 e. The quantitative estimate of drug-likeness (QED) is 0.791. The topological polar surface area (TPSA) is 39.1 Å². The lowest BCUT2D eigenvalue weighted by Crippen LogP contribution is -2.38. The highest BCUT2D eigenvalue weighted by molar-refractivity contribution is 7.80. The Morgan fingerprint density at radius 1 is 1.56 bits per heavy atom. The van der Waals surface area contributed by atoms with E-state index in [1.807, 2.05) is 30.1 Å². The summed E-state index contributed by atoms with van der Waals surface area (Å²) in [5, 5.41) is 12.8. The highest BCUT2D eigenvalue weighted by atomic mass is 32.1. The van der Waals surface area contributed by atoms with Crippen molar-refractivity contribution < 1.29 is 0 Å². The Morgan fingerprint density at radius 2 is 2.31 bits per heavy atom. The van der Waals surface area contributed by atoms with Gasteiger partial charge in [0.1, 0.15) is 0 Å². The molecule has 0 saturated heterocycles. The largest absolute Gasteiger partial charge is 0.360 e. The molecule has 1 aliphatic carbocycles. The molecule has 0 amide bonds. The summed E-state index contributed by atoms with van der Waals surface area (Å²) in [5.41, 5.74) is 1.59. The van der Waals surface area contributed by atoms with Gasteiger partial charge >= 0.3 is 0 Å². The predicted octanol–water partition coefficient (Wildman–Crippen LogP) is 2.03. The lowest BCUT2D eigenvalue weighted by atomic mass is 10.2. The molecule has 4 heteroatoms. The summed E-state index contributed by atoms with van der Waals surface area (Å²) >= 11 is 5.29. The van der Waals surface area contributed by atoms with E-state index in [9.17, 15) is 0 Å². The van der Waals surface area contributed by atoms with Gasteiger partial charge in [0.05, 0.1) is 11.6 Å². The molecule has 1 aliphatic rings. The van der Waals surface area contributed by atoms with E-state index in [0.717, 1.165) is 10.8 Å². The summed E-state index contributed by atoms with van der Waals surface area (Å²) in [5.74, 6) is 0. The number of nitriles is 1. The van der Waals surface area contributed by atoms with Crippen LogP contribution in [0.2, 0.25) is 0 Å². The molecule has 1 saturated carbocycles. The zero-order valence-corrected chi connectivity index (χ0v) is 9.92. The molecule has 0 aliphatic heterocycles. The predicted molar refractivity (Wildman–Crippen MR) is 68.3 cm³/mol. The van der Waals surface area contributed by atoms with Gasteiger partial charge in [0.2, 0.25) is 0 Å². The molecule has 3 nitrogen and oxygen atoms in total. The van der Waals surface area contributed by atoms with Crippen LogP contribution in [0.25, 0.3) is 0 Å². The molecule has 0 unspecified atom stereocenters. The second kappa shape index (κ2) is 4.50. The van der Waals surface area contributed by atoms with Gasteiger partial charge in [-0.05, 0) is 43.3 Å². The minimum absolute atomic E-state index is 0.550. The molecule has 0 heterocycles. The van der Waals surface area contributed by atoms with Gasteiger partial charge in [0, 0.05) is 18.8 Å². The Balaban J connectivity index is 2.09. The maximum absolute atomic E-state index is 8.82. The summed E-state index contributed by atoms with van der Waals surface area (Å²) in [6, 6.07) is 10.1. The number of benzene rings is 1. The van der Waals surface area contributed by atoms with Crippen LogP contribution in [0.5, 0.6) is 0 Å². The zero-order chi connectivity index (χ0) is 11.5. The summed E-state index contributed by atoms with van der Waals surface area (Å²) < 4.78 is 0. The summed E-state index contributed by atoms with van der Waals surface area (Å²) in [6.07, 6.45) is 2.40. The molecule has 2 rings (SSSR count). The molecular formula is C12H13N3S. The average Bonchev–Trinajstić information content (AvgIpc) is 3.12. The molecule has 1 fully saturated rings. The SMILES string of the molecule is CN(C(=S)NC1CC1)c1cccc(C#N)c1. The number of anilines is 1. The molecule has 1 N–H and O–H groups in total. The minimum Gasteiger partial charge on any atom is -0.360 e. The standard InChI is InChI=1S/C12H13N3S/c1-15(12(16)14-10-5-6-10)11-4-2-3-9(7-11)8-13/h2-4,7,10H,5-6H2,1H3,(H,14,16). The van der Waals surface area contributed by atoms with Crippen LogP contribution in [0.4, 0.5) is 5.69 Å². The fraction of sp³-hybridized carbons (Fsp3) is 0.333. The third kappa shape index (κ3) is 2.50. The summed E-state index contributed by atoms with van der Waals surface area (Å²) in [6.45, 7) is 0. The Kier molecular flexibility index (Phi) is 3.07.